The van der Waals surface area contributed by atoms with Crippen LogP contribution in [0, 0.1) is 0 Å². The molecule has 0 N–H and O–H groups in total. The number of ketones is 1. The number of Topliss-reactive ketones (excluding diaryl/α,β-unsaturated/α-hetero) is 1. The van der Waals surface area contributed by atoms with E-state index < -0.39 is 0 Å². The molecule has 4 aromatic rings. The van der Waals surface area contributed by atoms with Gasteiger partial charge >= 0.3 is 0 Å². The number of rotatable bonds is 4. The number of hydrogen-bond donors (Lipinski definition) is 0. The quantitative estimate of drug-likeness (QED) is 0.569. The first-order valence-electron chi connectivity index (χ1n) is 7.98. The summed E-state index contributed by atoms with van der Waals surface area (Å²) in [5, 5.41) is 2.13. The van der Waals surface area contributed by atoms with E-state index in [2.05, 4.69) is 9.97 Å². The first kappa shape index (κ1) is 14.5. The second kappa shape index (κ2) is 6.20. The zero-order valence-corrected chi connectivity index (χ0v) is 13.1. The molecule has 0 saturated carbocycles. The molecule has 0 atom stereocenters. The molecule has 2 aromatic heterocycles. The SMILES string of the molecule is O=C(Cc1cccc2cccnc12)Cc1cccc2cccnc12. The van der Waals surface area contributed by atoms with Crippen LogP contribution in [0.15, 0.2) is 73.1 Å². The van der Waals surface area contributed by atoms with Gasteiger partial charge in [-0.05, 0) is 23.3 Å². The monoisotopic (exact) mass is 312 g/mol. The average molecular weight is 312 g/mol. The van der Waals surface area contributed by atoms with Crippen molar-refractivity contribution in [2.75, 3.05) is 0 Å². The molecule has 0 bridgehead atoms. The molecule has 0 saturated heterocycles. The van der Waals surface area contributed by atoms with E-state index >= 15 is 0 Å². The standard InChI is InChI=1S/C21H16N2O/c24-19(13-17-7-1-5-15-9-3-11-22-20(15)17)14-18-8-2-6-16-10-4-12-23-21(16)18/h1-12H,13-14H2. The Labute approximate surface area is 140 Å². The molecule has 2 aromatic carbocycles. The lowest BCUT2D eigenvalue weighted by atomic mass is 9.99. The Balaban J connectivity index is 1.62. The van der Waals surface area contributed by atoms with Crippen LogP contribution >= 0.6 is 0 Å². The summed E-state index contributed by atoms with van der Waals surface area (Å²) >= 11 is 0. The van der Waals surface area contributed by atoms with Crippen molar-refractivity contribution < 1.29 is 4.79 Å². The Bertz CT molecular complexity index is 946. The van der Waals surface area contributed by atoms with Crippen LogP contribution in [0.3, 0.4) is 0 Å². The Morgan fingerprint density at radius 2 is 1.12 bits per heavy atom. The van der Waals surface area contributed by atoms with Gasteiger partial charge in [0.2, 0.25) is 0 Å². The molecule has 0 aliphatic rings. The van der Waals surface area contributed by atoms with E-state index in [0.717, 1.165) is 32.9 Å². The summed E-state index contributed by atoms with van der Waals surface area (Å²) in [6, 6.07) is 19.8. The Hall–Kier alpha value is -3.07. The lowest BCUT2D eigenvalue weighted by Crippen LogP contribution is -2.08. The molecule has 24 heavy (non-hydrogen) atoms. The topological polar surface area (TPSA) is 42.9 Å². The predicted molar refractivity (Wildman–Crippen MR) is 95.9 cm³/mol. The van der Waals surface area contributed by atoms with Crippen molar-refractivity contribution in [2.24, 2.45) is 0 Å². The summed E-state index contributed by atoms with van der Waals surface area (Å²) in [6.07, 6.45) is 4.31. The van der Waals surface area contributed by atoms with Crippen LogP contribution in [-0.4, -0.2) is 15.8 Å². The Morgan fingerprint density at radius 1 is 0.667 bits per heavy atom. The minimum absolute atomic E-state index is 0.173. The summed E-state index contributed by atoms with van der Waals surface area (Å²) in [5.74, 6) is 0.173. The van der Waals surface area contributed by atoms with Gasteiger partial charge in [-0.3, -0.25) is 14.8 Å². The molecule has 0 unspecified atom stereocenters. The minimum atomic E-state index is 0.173. The molecule has 0 aliphatic heterocycles. The number of carbonyl (C=O) groups is 1. The van der Waals surface area contributed by atoms with Gasteiger partial charge in [0.25, 0.3) is 0 Å². The molecular weight excluding hydrogens is 296 g/mol. The maximum absolute atomic E-state index is 12.6. The van der Waals surface area contributed by atoms with E-state index in [1.54, 1.807) is 12.4 Å². The summed E-state index contributed by atoms with van der Waals surface area (Å²) < 4.78 is 0. The zero-order valence-electron chi connectivity index (χ0n) is 13.1. The molecule has 3 nitrogen and oxygen atoms in total. The lowest BCUT2D eigenvalue weighted by molar-refractivity contribution is -0.117. The first-order chi connectivity index (χ1) is 11.8. The number of para-hydroxylation sites is 2. The van der Waals surface area contributed by atoms with Gasteiger partial charge < -0.3 is 0 Å². The third kappa shape index (κ3) is 2.76. The van der Waals surface area contributed by atoms with Crippen LogP contribution in [0.5, 0.6) is 0 Å². The molecule has 0 aliphatic carbocycles. The number of hydrogen-bond acceptors (Lipinski definition) is 3. The molecule has 4 rings (SSSR count). The van der Waals surface area contributed by atoms with Crippen LogP contribution < -0.4 is 0 Å². The van der Waals surface area contributed by atoms with Crippen LogP contribution in [0.1, 0.15) is 11.1 Å². The summed E-state index contributed by atoms with van der Waals surface area (Å²) in [4.78, 5) is 21.5. The lowest BCUT2D eigenvalue weighted by Gasteiger charge is -2.07. The van der Waals surface area contributed by atoms with Gasteiger partial charge in [-0.1, -0.05) is 48.5 Å². The fourth-order valence-electron chi connectivity index (χ4n) is 3.11. The number of carbonyl (C=O) groups excluding carboxylic acids is 1. The smallest absolute Gasteiger partial charge is 0.141 e. The molecule has 0 spiro atoms. The van der Waals surface area contributed by atoms with Crippen LogP contribution in [0.2, 0.25) is 0 Å². The second-order valence-corrected chi connectivity index (χ2v) is 5.88. The predicted octanol–water partition coefficient (Wildman–Crippen LogP) is 4.14. The van der Waals surface area contributed by atoms with Crippen molar-refractivity contribution in [3.8, 4) is 0 Å². The van der Waals surface area contributed by atoms with Crippen molar-refractivity contribution in [3.05, 3.63) is 84.2 Å². The number of fused-ring (bicyclic) bond motifs is 2. The normalized spacial score (nSPS) is 11.0. The Kier molecular flexibility index (Phi) is 3.75. The van der Waals surface area contributed by atoms with Gasteiger partial charge in [-0.15, -0.1) is 0 Å². The number of nitrogens with zero attached hydrogens (tertiary/aromatic N) is 2. The average Bonchev–Trinajstić information content (AvgIpc) is 2.62. The maximum atomic E-state index is 12.6. The van der Waals surface area contributed by atoms with Crippen LogP contribution in [-0.2, 0) is 17.6 Å². The van der Waals surface area contributed by atoms with Crippen molar-refractivity contribution in [1.29, 1.82) is 0 Å². The third-order valence-corrected chi connectivity index (χ3v) is 4.21. The molecule has 0 amide bonds. The highest BCUT2D eigenvalue weighted by Gasteiger charge is 2.11. The van der Waals surface area contributed by atoms with Gasteiger partial charge in [-0.25, -0.2) is 0 Å². The number of aromatic nitrogens is 2. The van der Waals surface area contributed by atoms with E-state index in [9.17, 15) is 4.79 Å². The van der Waals surface area contributed by atoms with Gasteiger partial charge in [0, 0.05) is 36.0 Å². The van der Waals surface area contributed by atoms with E-state index in [0.29, 0.717) is 12.8 Å². The van der Waals surface area contributed by atoms with E-state index in [1.165, 1.54) is 0 Å². The van der Waals surface area contributed by atoms with Crippen molar-refractivity contribution in [3.63, 3.8) is 0 Å². The molecular formula is C21H16N2O. The highest BCUT2D eigenvalue weighted by atomic mass is 16.1. The fourth-order valence-corrected chi connectivity index (χ4v) is 3.11. The van der Waals surface area contributed by atoms with Crippen molar-refractivity contribution in [2.45, 2.75) is 12.8 Å². The van der Waals surface area contributed by atoms with E-state index in [-0.39, 0.29) is 5.78 Å². The summed E-state index contributed by atoms with van der Waals surface area (Å²) in [7, 11) is 0. The van der Waals surface area contributed by atoms with Gasteiger partial charge in [0.15, 0.2) is 0 Å². The first-order valence-corrected chi connectivity index (χ1v) is 7.98. The van der Waals surface area contributed by atoms with Crippen molar-refractivity contribution >= 4 is 27.6 Å². The summed E-state index contributed by atoms with van der Waals surface area (Å²) in [5.41, 5.74) is 3.77. The zero-order chi connectivity index (χ0) is 16.4. The highest BCUT2D eigenvalue weighted by molar-refractivity contribution is 5.92. The minimum Gasteiger partial charge on any atom is -0.299 e. The molecule has 0 radical (unpaired) electrons. The molecule has 116 valence electrons. The fraction of sp³-hybridized carbons (Fsp3) is 0.0952. The van der Waals surface area contributed by atoms with Crippen LogP contribution in [0.25, 0.3) is 21.8 Å². The van der Waals surface area contributed by atoms with Gasteiger partial charge in [0.1, 0.15) is 5.78 Å². The number of pyridine rings is 2. The molecule has 3 heteroatoms. The largest absolute Gasteiger partial charge is 0.299 e. The van der Waals surface area contributed by atoms with Crippen LogP contribution in [0.4, 0.5) is 0 Å². The second-order valence-electron chi connectivity index (χ2n) is 5.88. The molecule has 0 fully saturated rings. The van der Waals surface area contributed by atoms with Gasteiger partial charge in [0.05, 0.1) is 11.0 Å². The van der Waals surface area contributed by atoms with E-state index in [4.69, 9.17) is 0 Å². The molecule has 2 heterocycles. The summed E-state index contributed by atoms with van der Waals surface area (Å²) in [6.45, 7) is 0. The highest BCUT2D eigenvalue weighted by Crippen LogP contribution is 2.19. The van der Waals surface area contributed by atoms with E-state index in [1.807, 2.05) is 60.7 Å². The van der Waals surface area contributed by atoms with Gasteiger partial charge in [-0.2, -0.15) is 0 Å². The Morgan fingerprint density at radius 3 is 1.62 bits per heavy atom. The maximum Gasteiger partial charge on any atom is 0.141 e. The van der Waals surface area contributed by atoms with Crippen molar-refractivity contribution in [1.82, 2.24) is 9.97 Å². The third-order valence-electron chi connectivity index (χ3n) is 4.21. The number of benzene rings is 2.